The maximum atomic E-state index is 10.1. The fourth-order valence-corrected chi connectivity index (χ4v) is 5.35. The molecule has 0 radical (unpaired) electrons. The summed E-state index contributed by atoms with van der Waals surface area (Å²) in [4.78, 5) is 4.64. The minimum atomic E-state index is 0.176. The molecule has 5 heteroatoms. The van der Waals surface area contributed by atoms with E-state index in [1.165, 1.54) is 16.8 Å². The van der Waals surface area contributed by atoms with Crippen molar-refractivity contribution in [3.05, 3.63) is 93.1 Å². The Morgan fingerprint density at radius 3 is 2.78 bits per heavy atom. The van der Waals surface area contributed by atoms with Gasteiger partial charge in [0, 0.05) is 17.8 Å². The van der Waals surface area contributed by atoms with Gasteiger partial charge in [-0.2, -0.15) is 0 Å². The van der Waals surface area contributed by atoms with Gasteiger partial charge >= 0.3 is 0 Å². The smallest absolute Gasteiger partial charge is 0.171 e. The fraction of sp³-hybridized carbons (Fsp3) is 0.222. The number of nitrogens with zero attached hydrogens (tertiary/aromatic N) is 1. The van der Waals surface area contributed by atoms with Crippen LogP contribution in [0.15, 0.2) is 77.8 Å². The van der Waals surface area contributed by atoms with Crippen LogP contribution in [0.25, 0.3) is 0 Å². The number of allylic oxidation sites excluding steroid dienone is 2. The second-order valence-corrected chi connectivity index (χ2v) is 9.36. The van der Waals surface area contributed by atoms with Crippen molar-refractivity contribution in [3.63, 3.8) is 0 Å². The molecule has 0 aromatic heterocycles. The molecule has 3 atom stereocenters. The Hall–Kier alpha value is -2.80. The number of ether oxygens (including phenoxy) is 1. The van der Waals surface area contributed by atoms with Crippen molar-refractivity contribution < 1.29 is 9.84 Å². The van der Waals surface area contributed by atoms with Crippen molar-refractivity contribution in [1.82, 2.24) is 0 Å². The lowest BCUT2D eigenvalue weighted by Crippen LogP contribution is -2.28. The standard InChI is InChI=1S/C27H25IN2O2/c1-2-32-25-15-17(14-23(28)27(25)31)16-29-19-12-10-18(11-13-19)26-22-8-5-7-20(22)21-6-3-4-9-24(21)30-26/h3-7,9-16,20,22,26,30-31H,2,8H2,1H3/t20-,22+,26-/m0/s1. The summed E-state index contributed by atoms with van der Waals surface area (Å²) in [6.45, 7) is 2.40. The number of aromatic hydroxyl groups is 1. The number of hydrogen-bond donors (Lipinski definition) is 2. The molecule has 1 heterocycles. The molecule has 0 saturated heterocycles. The number of benzene rings is 3. The molecule has 3 aromatic carbocycles. The van der Waals surface area contributed by atoms with E-state index in [1.54, 1.807) is 0 Å². The van der Waals surface area contributed by atoms with Crippen molar-refractivity contribution in [2.24, 2.45) is 10.9 Å². The molecule has 0 unspecified atom stereocenters. The molecule has 1 aliphatic heterocycles. The average Bonchev–Trinajstić information content (AvgIpc) is 3.31. The number of aliphatic imine (C=N–C) groups is 1. The third-order valence-electron chi connectivity index (χ3n) is 6.24. The monoisotopic (exact) mass is 536 g/mol. The molecule has 0 spiro atoms. The first-order chi connectivity index (χ1) is 15.6. The van der Waals surface area contributed by atoms with Crippen LogP contribution < -0.4 is 10.1 Å². The first-order valence-electron chi connectivity index (χ1n) is 11.0. The SMILES string of the molecule is CCOc1cc(C=Nc2ccc([C@@H]3Nc4ccccc4[C@@H]4C=CC[C@H]43)cc2)cc(I)c1O. The number of phenols is 1. The molecule has 0 amide bonds. The molecule has 2 aliphatic rings. The fourth-order valence-electron chi connectivity index (χ4n) is 4.72. The highest BCUT2D eigenvalue weighted by atomic mass is 127. The summed E-state index contributed by atoms with van der Waals surface area (Å²) in [5.41, 5.74) is 5.71. The molecule has 4 nitrogen and oxygen atoms in total. The minimum absolute atomic E-state index is 0.176. The Balaban J connectivity index is 1.36. The molecule has 0 bridgehead atoms. The van der Waals surface area contributed by atoms with Gasteiger partial charge in [0.15, 0.2) is 11.5 Å². The highest BCUT2D eigenvalue weighted by molar-refractivity contribution is 14.1. The zero-order valence-electron chi connectivity index (χ0n) is 17.8. The number of fused-ring (bicyclic) bond motifs is 3. The van der Waals surface area contributed by atoms with E-state index in [2.05, 4.69) is 93.6 Å². The molecule has 162 valence electrons. The van der Waals surface area contributed by atoms with Gasteiger partial charge in [0.05, 0.1) is 21.9 Å². The zero-order valence-corrected chi connectivity index (χ0v) is 20.0. The molecule has 5 rings (SSSR count). The summed E-state index contributed by atoms with van der Waals surface area (Å²) < 4.78 is 6.27. The summed E-state index contributed by atoms with van der Waals surface area (Å²) in [6, 6.07) is 21.1. The van der Waals surface area contributed by atoms with E-state index < -0.39 is 0 Å². The molecular formula is C27H25IN2O2. The van der Waals surface area contributed by atoms with Crippen molar-refractivity contribution in [2.45, 2.75) is 25.3 Å². The van der Waals surface area contributed by atoms with E-state index in [0.717, 1.165) is 21.2 Å². The average molecular weight is 536 g/mol. The van der Waals surface area contributed by atoms with Crippen LogP contribution in [0.1, 0.15) is 42.0 Å². The summed E-state index contributed by atoms with van der Waals surface area (Å²) in [5.74, 6) is 1.68. The van der Waals surface area contributed by atoms with Gasteiger partial charge in [-0.15, -0.1) is 0 Å². The Morgan fingerprint density at radius 1 is 1.16 bits per heavy atom. The Kier molecular flexibility index (Phi) is 5.91. The summed E-state index contributed by atoms with van der Waals surface area (Å²) in [6.07, 6.45) is 7.59. The van der Waals surface area contributed by atoms with Crippen LogP contribution in [0.5, 0.6) is 11.5 Å². The summed E-state index contributed by atoms with van der Waals surface area (Å²) in [5, 5.41) is 13.9. The van der Waals surface area contributed by atoms with Gasteiger partial charge in [0.2, 0.25) is 0 Å². The molecule has 2 N–H and O–H groups in total. The predicted molar refractivity (Wildman–Crippen MR) is 138 cm³/mol. The Bertz CT molecular complexity index is 1190. The second kappa shape index (κ2) is 8.98. The zero-order chi connectivity index (χ0) is 22.1. The first kappa shape index (κ1) is 21.1. The predicted octanol–water partition coefficient (Wildman–Crippen LogP) is 6.97. The lowest BCUT2D eigenvalue weighted by atomic mass is 9.77. The van der Waals surface area contributed by atoms with E-state index in [4.69, 9.17) is 4.74 Å². The van der Waals surface area contributed by atoms with Gasteiger partial charge in [0.25, 0.3) is 0 Å². The van der Waals surface area contributed by atoms with Crippen molar-refractivity contribution in [1.29, 1.82) is 0 Å². The number of para-hydroxylation sites is 1. The van der Waals surface area contributed by atoms with Gasteiger partial charge in [-0.25, -0.2) is 0 Å². The first-order valence-corrected chi connectivity index (χ1v) is 12.0. The second-order valence-electron chi connectivity index (χ2n) is 8.19. The van der Waals surface area contributed by atoms with Gasteiger partial charge in [0.1, 0.15) is 0 Å². The molecule has 0 fully saturated rings. The summed E-state index contributed by atoms with van der Waals surface area (Å²) in [7, 11) is 0. The topological polar surface area (TPSA) is 53.8 Å². The number of rotatable bonds is 5. The van der Waals surface area contributed by atoms with Crippen LogP contribution in [0.3, 0.4) is 0 Å². The minimum Gasteiger partial charge on any atom is -0.504 e. The van der Waals surface area contributed by atoms with Crippen LogP contribution in [-0.4, -0.2) is 17.9 Å². The van der Waals surface area contributed by atoms with E-state index in [9.17, 15) is 5.11 Å². The number of halogens is 1. The summed E-state index contributed by atoms with van der Waals surface area (Å²) >= 11 is 2.11. The molecular weight excluding hydrogens is 511 g/mol. The van der Waals surface area contributed by atoms with Crippen LogP contribution in [0.4, 0.5) is 11.4 Å². The lowest BCUT2D eigenvalue weighted by molar-refractivity contribution is 0.317. The molecule has 1 aliphatic carbocycles. The van der Waals surface area contributed by atoms with Crippen molar-refractivity contribution in [3.8, 4) is 11.5 Å². The quantitative estimate of drug-likeness (QED) is 0.210. The largest absolute Gasteiger partial charge is 0.504 e. The van der Waals surface area contributed by atoms with Crippen LogP contribution in [0, 0.1) is 9.49 Å². The van der Waals surface area contributed by atoms with E-state index in [-0.39, 0.29) is 11.8 Å². The Labute approximate surface area is 202 Å². The lowest BCUT2D eigenvalue weighted by Gasteiger charge is -2.37. The molecule has 3 aromatic rings. The number of hydrogen-bond acceptors (Lipinski definition) is 4. The van der Waals surface area contributed by atoms with Crippen LogP contribution in [-0.2, 0) is 0 Å². The van der Waals surface area contributed by atoms with Crippen molar-refractivity contribution >= 4 is 40.2 Å². The number of phenolic OH excluding ortho intramolecular Hbond substituents is 1. The van der Waals surface area contributed by atoms with Gasteiger partial charge in [-0.1, -0.05) is 42.5 Å². The van der Waals surface area contributed by atoms with Gasteiger partial charge in [-0.3, -0.25) is 4.99 Å². The normalized spacial score (nSPS) is 21.2. The van der Waals surface area contributed by atoms with E-state index >= 15 is 0 Å². The highest BCUT2D eigenvalue weighted by Gasteiger charge is 2.37. The third kappa shape index (κ3) is 4.01. The van der Waals surface area contributed by atoms with Crippen molar-refractivity contribution in [2.75, 3.05) is 11.9 Å². The van der Waals surface area contributed by atoms with Gasteiger partial charge in [-0.05, 0) is 88.9 Å². The van der Waals surface area contributed by atoms with E-state index in [1.807, 2.05) is 25.3 Å². The van der Waals surface area contributed by atoms with Crippen LogP contribution >= 0.6 is 22.6 Å². The maximum Gasteiger partial charge on any atom is 0.171 e. The molecule has 32 heavy (non-hydrogen) atoms. The highest BCUT2D eigenvalue weighted by Crippen LogP contribution is 2.49. The van der Waals surface area contributed by atoms with Gasteiger partial charge < -0.3 is 15.2 Å². The van der Waals surface area contributed by atoms with E-state index in [0.29, 0.717) is 24.2 Å². The maximum absolute atomic E-state index is 10.1. The number of nitrogens with one attached hydrogen (secondary N) is 1. The third-order valence-corrected chi connectivity index (χ3v) is 7.06. The molecule has 0 saturated carbocycles. The number of anilines is 1. The van der Waals surface area contributed by atoms with Crippen LogP contribution in [0.2, 0.25) is 0 Å². The Morgan fingerprint density at radius 2 is 1.97 bits per heavy atom.